The number of nitrogens with one attached hydrogen (secondary N) is 1. The minimum Gasteiger partial charge on any atom is -0.465 e. The van der Waals surface area contributed by atoms with E-state index in [9.17, 15) is 13.6 Å². The van der Waals surface area contributed by atoms with Crippen LogP contribution in [0, 0.1) is 11.6 Å². The van der Waals surface area contributed by atoms with Gasteiger partial charge in [0.05, 0.1) is 12.6 Å². The third-order valence-electron chi connectivity index (χ3n) is 2.49. The predicted octanol–water partition coefficient (Wildman–Crippen LogP) is 1.54. The lowest BCUT2D eigenvalue weighted by molar-refractivity contribution is 0.186. The molecule has 2 rings (SSSR count). The lowest BCUT2D eigenvalue weighted by Crippen LogP contribution is -2.39. The molecule has 0 spiro atoms. The minimum atomic E-state index is -1.18. The quantitative estimate of drug-likeness (QED) is 0.788. The number of carboxylic acid groups (broad SMARTS) is 1. The Labute approximate surface area is 96.2 Å². The number of amides is 1. The summed E-state index contributed by atoms with van der Waals surface area (Å²) in [5.41, 5.74) is 0.400. The summed E-state index contributed by atoms with van der Waals surface area (Å²) < 4.78 is 30.9. The number of halogens is 2. The summed E-state index contributed by atoms with van der Waals surface area (Å²) in [5.74, 6) is -1.35. The van der Waals surface area contributed by atoms with Crippen molar-refractivity contribution in [1.29, 1.82) is 0 Å². The summed E-state index contributed by atoms with van der Waals surface area (Å²) in [7, 11) is 0. The molecule has 1 aromatic carbocycles. The number of ether oxygens (including phenoxy) is 1. The highest BCUT2D eigenvalue weighted by Crippen LogP contribution is 2.19. The molecule has 0 saturated carbocycles. The van der Waals surface area contributed by atoms with Gasteiger partial charge in [-0.3, -0.25) is 0 Å². The van der Waals surface area contributed by atoms with Gasteiger partial charge in [0.1, 0.15) is 17.7 Å². The molecule has 1 aromatic rings. The number of carbonyl (C=O) groups is 1. The van der Waals surface area contributed by atoms with Gasteiger partial charge in [-0.25, -0.2) is 13.6 Å². The van der Waals surface area contributed by atoms with E-state index in [2.05, 4.69) is 5.32 Å². The first-order chi connectivity index (χ1) is 8.04. The lowest BCUT2D eigenvalue weighted by atomic mass is 10.0. The molecule has 0 unspecified atom stereocenters. The molecule has 92 valence electrons. The smallest absolute Gasteiger partial charge is 0.404 e. The zero-order valence-corrected chi connectivity index (χ0v) is 8.82. The molecule has 1 saturated heterocycles. The molecule has 2 atom stereocenters. The summed E-state index contributed by atoms with van der Waals surface area (Å²) in [6.45, 7) is 0.461. The first-order valence-electron chi connectivity index (χ1n) is 5.10. The Morgan fingerprint density at radius 1 is 1.47 bits per heavy atom. The molecule has 1 fully saturated rings. The summed E-state index contributed by atoms with van der Waals surface area (Å²) in [5, 5.41) is 10.9. The van der Waals surface area contributed by atoms with E-state index in [1.165, 1.54) is 12.1 Å². The van der Waals surface area contributed by atoms with E-state index < -0.39 is 23.8 Å². The van der Waals surface area contributed by atoms with Crippen LogP contribution in [0.15, 0.2) is 18.2 Å². The van der Waals surface area contributed by atoms with Crippen LogP contribution in [0.1, 0.15) is 5.56 Å². The van der Waals surface area contributed by atoms with Gasteiger partial charge in [-0.2, -0.15) is 0 Å². The molecule has 0 aliphatic carbocycles. The van der Waals surface area contributed by atoms with Crippen molar-refractivity contribution in [3.05, 3.63) is 35.4 Å². The molecule has 1 aliphatic rings. The monoisotopic (exact) mass is 243 g/mol. The van der Waals surface area contributed by atoms with Crippen molar-refractivity contribution < 1.29 is 23.4 Å². The second-order valence-electron chi connectivity index (χ2n) is 3.91. The van der Waals surface area contributed by atoms with E-state index in [1.807, 2.05) is 0 Å². The van der Waals surface area contributed by atoms with Gasteiger partial charge in [0, 0.05) is 6.07 Å². The van der Waals surface area contributed by atoms with E-state index in [-0.39, 0.29) is 12.5 Å². The average Bonchev–Trinajstić information content (AvgIpc) is 2.96. The van der Waals surface area contributed by atoms with Crippen LogP contribution in [0.25, 0.3) is 0 Å². The lowest BCUT2D eigenvalue weighted by Gasteiger charge is -2.14. The second-order valence-corrected chi connectivity index (χ2v) is 3.91. The fraction of sp³-hybridized carbons (Fsp3) is 0.364. The van der Waals surface area contributed by atoms with Crippen molar-refractivity contribution in [3.63, 3.8) is 0 Å². The first kappa shape index (κ1) is 11.8. The molecular weight excluding hydrogens is 232 g/mol. The average molecular weight is 243 g/mol. The Hall–Kier alpha value is -1.69. The molecule has 0 aromatic heterocycles. The van der Waals surface area contributed by atoms with Crippen LogP contribution in [0.2, 0.25) is 0 Å². The highest BCUT2D eigenvalue weighted by molar-refractivity contribution is 5.65. The summed E-state index contributed by atoms with van der Waals surface area (Å²) in [4.78, 5) is 10.6. The Morgan fingerprint density at radius 3 is 2.53 bits per heavy atom. The highest BCUT2D eigenvalue weighted by atomic mass is 19.1. The van der Waals surface area contributed by atoms with Gasteiger partial charge in [0.25, 0.3) is 0 Å². The standard InChI is InChI=1S/C11H11F2NO3/c12-7-1-6(2-8(13)4-7)3-9(10-5-17-10)14-11(15)16/h1-2,4,9-10,14H,3,5H2,(H,15,16)/t9-,10+/m0/s1. The zero-order chi connectivity index (χ0) is 12.4. The van der Waals surface area contributed by atoms with E-state index in [0.717, 1.165) is 6.07 Å². The number of rotatable bonds is 4. The number of epoxide rings is 1. The van der Waals surface area contributed by atoms with Crippen molar-refractivity contribution in [2.24, 2.45) is 0 Å². The molecule has 0 bridgehead atoms. The normalized spacial score (nSPS) is 19.8. The molecule has 4 nitrogen and oxygen atoms in total. The predicted molar refractivity (Wildman–Crippen MR) is 54.8 cm³/mol. The zero-order valence-electron chi connectivity index (χ0n) is 8.82. The third-order valence-corrected chi connectivity index (χ3v) is 2.49. The van der Waals surface area contributed by atoms with E-state index in [4.69, 9.17) is 9.84 Å². The van der Waals surface area contributed by atoms with E-state index in [0.29, 0.717) is 12.2 Å². The second kappa shape index (κ2) is 4.67. The van der Waals surface area contributed by atoms with Crippen LogP contribution in [0.5, 0.6) is 0 Å². The Bertz CT molecular complexity index is 414. The Morgan fingerprint density at radius 2 is 2.06 bits per heavy atom. The van der Waals surface area contributed by atoms with Gasteiger partial charge in [0.2, 0.25) is 0 Å². The van der Waals surface area contributed by atoms with Gasteiger partial charge < -0.3 is 15.2 Å². The van der Waals surface area contributed by atoms with E-state index in [1.54, 1.807) is 0 Å². The molecule has 17 heavy (non-hydrogen) atoms. The number of hydrogen-bond donors (Lipinski definition) is 2. The van der Waals surface area contributed by atoms with Crippen LogP contribution < -0.4 is 5.32 Å². The van der Waals surface area contributed by atoms with Gasteiger partial charge in [0.15, 0.2) is 0 Å². The highest BCUT2D eigenvalue weighted by Gasteiger charge is 2.34. The minimum absolute atomic E-state index is 0.200. The van der Waals surface area contributed by atoms with Crippen molar-refractivity contribution in [3.8, 4) is 0 Å². The molecule has 6 heteroatoms. The van der Waals surface area contributed by atoms with Crippen LogP contribution in [0.4, 0.5) is 13.6 Å². The van der Waals surface area contributed by atoms with Crippen molar-refractivity contribution in [2.75, 3.05) is 6.61 Å². The van der Waals surface area contributed by atoms with Gasteiger partial charge in [-0.1, -0.05) is 0 Å². The van der Waals surface area contributed by atoms with Crippen LogP contribution in [0.3, 0.4) is 0 Å². The van der Waals surface area contributed by atoms with Gasteiger partial charge in [-0.05, 0) is 24.1 Å². The van der Waals surface area contributed by atoms with Crippen LogP contribution >= 0.6 is 0 Å². The SMILES string of the molecule is O=C(O)N[C@@H](Cc1cc(F)cc(F)c1)[C@H]1CO1. The molecule has 1 amide bonds. The molecule has 1 heterocycles. The molecule has 0 radical (unpaired) electrons. The third kappa shape index (κ3) is 3.39. The van der Waals surface area contributed by atoms with Crippen molar-refractivity contribution >= 4 is 6.09 Å². The maximum atomic E-state index is 12.9. The summed E-state index contributed by atoms with van der Waals surface area (Å²) >= 11 is 0. The number of benzene rings is 1. The van der Waals surface area contributed by atoms with E-state index >= 15 is 0 Å². The largest absolute Gasteiger partial charge is 0.465 e. The summed E-state index contributed by atoms with van der Waals surface area (Å²) in [6.07, 6.45) is -1.19. The number of hydrogen-bond acceptors (Lipinski definition) is 2. The maximum Gasteiger partial charge on any atom is 0.404 e. The van der Waals surface area contributed by atoms with Crippen molar-refractivity contribution in [1.82, 2.24) is 5.32 Å². The van der Waals surface area contributed by atoms with Gasteiger partial charge >= 0.3 is 6.09 Å². The molecule has 1 aliphatic heterocycles. The fourth-order valence-corrected chi connectivity index (χ4v) is 1.70. The van der Waals surface area contributed by atoms with Gasteiger partial charge in [-0.15, -0.1) is 0 Å². The van der Waals surface area contributed by atoms with Crippen LogP contribution in [-0.4, -0.2) is 30.0 Å². The Kier molecular flexibility index (Phi) is 3.23. The molecule has 2 N–H and O–H groups in total. The van der Waals surface area contributed by atoms with Crippen molar-refractivity contribution in [2.45, 2.75) is 18.6 Å². The molecular formula is C11H11F2NO3. The van der Waals surface area contributed by atoms with Crippen LogP contribution in [-0.2, 0) is 11.2 Å². The topological polar surface area (TPSA) is 61.9 Å². The Balaban J connectivity index is 2.08. The fourth-order valence-electron chi connectivity index (χ4n) is 1.70. The first-order valence-corrected chi connectivity index (χ1v) is 5.10. The maximum absolute atomic E-state index is 12.9. The summed E-state index contributed by atoms with van der Waals surface area (Å²) in [6, 6.07) is 2.66.